The summed E-state index contributed by atoms with van der Waals surface area (Å²) in [6, 6.07) is 9.32. The molecule has 0 amide bonds. The topological polar surface area (TPSA) is 73.0 Å². The Morgan fingerprint density at radius 1 is 1.16 bits per heavy atom. The molecule has 2 aromatic carbocycles. The lowest BCUT2D eigenvalue weighted by Gasteiger charge is -2.06. The maximum Gasteiger partial charge on any atom is 0.269 e. The second-order valence-corrected chi connectivity index (χ2v) is 5.66. The van der Waals surface area contributed by atoms with Gasteiger partial charge in [0.05, 0.1) is 10.6 Å². The third-order valence-corrected chi connectivity index (χ3v) is 4.14. The fourth-order valence-electron chi connectivity index (χ4n) is 2.97. The van der Waals surface area contributed by atoms with Crippen molar-refractivity contribution in [3.63, 3.8) is 0 Å². The van der Waals surface area contributed by atoms with E-state index in [1.165, 1.54) is 24.3 Å². The van der Waals surface area contributed by atoms with E-state index in [0.29, 0.717) is 30.2 Å². The van der Waals surface area contributed by atoms with Gasteiger partial charge in [-0.1, -0.05) is 0 Å². The largest absolute Gasteiger partial charge is 0.369 e. The number of halogens is 2. The highest BCUT2D eigenvalue weighted by Crippen LogP contribution is 2.35. The molecule has 1 N–H and O–H groups in total. The molecule has 1 aromatic heterocycles. The third kappa shape index (κ3) is 2.51. The fraction of sp³-hybridized carbons (Fsp3) is 0.118. The van der Waals surface area contributed by atoms with Crippen molar-refractivity contribution >= 4 is 11.5 Å². The summed E-state index contributed by atoms with van der Waals surface area (Å²) in [6.45, 7) is 0.677. The summed E-state index contributed by atoms with van der Waals surface area (Å²) >= 11 is 0. The lowest BCUT2D eigenvalue weighted by Crippen LogP contribution is -2.04. The van der Waals surface area contributed by atoms with Gasteiger partial charge < -0.3 is 5.32 Å². The van der Waals surface area contributed by atoms with Crippen LogP contribution >= 0.6 is 0 Å². The van der Waals surface area contributed by atoms with Crippen molar-refractivity contribution in [2.24, 2.45) is 0 Å². The number of anilines is 1. The molecule has 1 aliphatic rings. The van der Waals surface area contributed by atoms with Gasteiger partial charge in [0.2, 0.25) is 0 Å². The first-order chi connectivity index (χ1) is 12.0. The predicted molar refractivity (Wildman–Crippen MR) is 87.8 cm³/mol. The minimum Gasteiger partial charge on any atom is -0.369 e. The number of hydrogen-bond donors (Lipinski definition) is 1. The van der Waals surface area contributed by atoms with Gasteiger partial charge in [0, 0.05) is 35.9 Å². The molecular formula is C17H12F2N4O2. The molecule has 3 aromatic rings. The molecule has 0 radical (unpaired) electrons. The van der Waals surface area contributed by atoms with E-state index in [9.17, 15) is 18.9 Å². The van der Waals surface area contributed by atoms with Crippen molar-refractivity contribution in [3.05, 3.63) is 69.8 Å². The van der Waals surface area contributed by atoms with Gasteiger partial charge in [-0.25, -0.2) is 13.5 Å². The predicted octanol–water partition coefficient (Wildman–Crippen LogP) is 3.69. The monoisotopic (exact) mass is 342 g/mol. The Morgan fingerprint density at radius 3 is 2.60 bits per heavy atom. The second kappa shape index (κ2) is 5.66. The normalized spacial score (nSPS) is 12.7. The van der Waals surface area contributed by atoms with E-state index in [0.717, 1.165) is 11.6 Å². The van der Waals surface area contributed by atoms with Crippen LogP contribution in [-0.2, 0) is 6.42 Å². The first-order valence-electron chi connectivity index (χ1n) is 7.60. The average molecular weight is 342 g/mol. The molecule has 4 rings (SSSR count). The van der Waals surface area contributed by atoms with Crippen molar-refractivity contribution in [2.45, 2.75) is 6.42 Å². The zero-order valence-corrected chi connectivity index (χ0v) is 12.9. The lowest BCUT2D eigenvalue weighted by atomic mass is 10.1. The third-order valence-electron chi connectivity index (χ3n) is 4.14. The van der Waals surface area contributed by atoms with Crippen LogP contribution in [0, 0.1) is 21.7 Å². The van der Waals surface area contributed by atoms with Crippen molar-refractivity contribution < 1.29 is 13.7 Å². The molecule has 0 saturated carbocycles. The van der Waals surface area contributed by atoms with E-state index in [4.69, 9.17) is 0 Å². The molecule has 0 unspecified atom stereocenters. The zero-order chi connectivity index (χ0) is 17.6. The Hall–Kier alpha value is -3.29. The van der Waals surface area contributed by atoms with E-state index in [1.54, 1.807) is 16.8 Å². The minimum atomic E-state index is -0.678. The first-order valence-corrected chi connectivity index (χ1v) is 7.60. The van der Waals surface area contributed by atoms with Crippen LogP contribution < -0.4 is 5.32 Å². The van der Waals surface area contributed by atoms with E-state index in [2.05, 4.69) is 10.4 Å². The Balaban J connectivity index is 1.84. The molecule has 0 bridgehead atoms. The van der Waals surface area contributed by atoms with Crippen LogP contribution in [0.25, 0.3) is 16.9 Å². The maximum absolute atomic E-state index is 14.2. The standard InChI is InChI=1S/C17H12F2N4O2/c18-10-1-6-13(15(19)9-10)16-14-7-8-20-17(14)22(21-16)11-2-4-12(5-3-11)23(24)25/h1-6,9,20H,7-8H2. The van der Waals surface area contributed by atoms with Gasteiger partial charge in [-0.15, -0.1) is 0 Å². The van der Waals surface area contributed by atoms with Crippen LogP contribution in [0.2, 0.25) is 0 Å². The minimum absolute atomic E-state index is 0.0229. The molecule has 0 saturated heterocycles. The van der Waals surface area contributed by atoms with Gasteiger partial charge in [-0.2, -0.15) is 5.10 Å². The summed E-state index contributed by atoms with van der Waals surface area (Å²) in [7, 11) is 0. The summed E-state index contributed by atoms with van der Waals surface area (Å²) in [4.78, 5) is 10.3. The molecule has 2 heterocycles. The number of rotatable bonds is 3. The van der Waals surface area contributed by atoms with E-state index in [1.807, 2.05) is 0 Å². The highest BCUT2D eigenvalue weighted by Gasteiger charge is 2.25. The number of hydrogen-bond acceptors (Lipinski definition) is 4. The van der Waals surface area contributed by atoms with Crippen molar-refractivity contribution in [1.29, 1.82) is 0 Å². The van der Waals surface area contributed by atoms with E-state index in [-0.39, 0.29) is 11.3 Å². The highest BCUT2D eigenvalue weighted by atomic mass is 19.1. The SMILES string of the molecule is O=[N+]([O-])c1ccc(-n2nc(-c3ccc(F)cc3F)c3c2NCC3)cc1. The van der Waals surface area contributed by atoms with Crippen molar-refractivity contribution in [1.82, 2.24) is 9.78 Å². The Bertz CT molecular complexity index is 983. The smallest absolute Gasteiger partial charge is 0.269 e. The Labute approximate surface area is 140 Å². The van der Waals surface area contributed by atoms with Crippen LogP contribution in [0.4, 0.5) is 20.3 Å². The molecule has 1 aliphatic heterocycles. The maximum atomic E-state index is 14.2. The van der Waals surface area contributed by atoms with Gasteiger partial charge in [0.1, 0.15) is 23.1 Å². The molecule has 126 valence electrons. The summed E-state index contributed by atoms with van der Waals surface area (Å²) < 4.78 is 28.9. The zero-order valence-electron chi connectivity index (χ0n) is 12.9. The number of non-ortho nitro benzene ring substituents is 1. The Morgan fingerprint density at radius 2 is 1.92 bits per heavy atom. The van der Waals surface area contributed by atoms with Crippen molar-refractivity contribution in [2.75, 3.05) is 11.9 Å². The molecule has 25 heavy (non-hydrogen) atoms. The molecule has 0 fully saturated rings. The Kier molecular flexibility index (Phi) is 3.45. The summed E-state index contributed by atoms with van der Waals surface area (Å²) in [5.74, 6) is -0.610. The van der Waals surface area contributed by atoms with E-state index >= 15 is 0 Å². The number of nitro benzene ring substituents is 1. The van der Waals surface area contributed by atoms with Crippen LogP contribution in [0.5, 0.6) is 0 Å². The number of nitro groups is 1. The number of nitrogens with one attached hydrogen (secondary N) is 1. The second-order valence-electron chi connectivity index (χ2n) is 5.66. The van der Waals surface area contributed by atoms with Crippen molar-refractivity contribution in [3.8, 4) is 16.9 Å². The molecule has 0 spiro atoms. The molecule has 0 atom stereocenters. The molecule has 6 nitrogen and oxygen atoms in total. The van der Waals surface area contributed by atoms with Crippen LogP contribution in [-0.4, -0.2) is 21.2 Å². The summed E-state index contributed by atoms with van der Waals surface area (Å²) in [6.07, 6.45) is 0.661. The van der Waals surface area contributed by atoms with Gasteiger partial charge in [0.25, 0.3) is 5.69 Å². The number of fused-ring (bicyclic) bond motifs is 1. The number of benzene rings is 2. The number of aromatic nitrogens is 2. The van der Waals surface area contributed by atoms with Gasteiger partial charge >= 0.3 is 0 Å². The van der Waals surface area contributed by atoms with Gasteiger partial charge in [-0.05, 0) is 30.7 Å². The fourth-order valence-corrected chi connectivity index (χ4v) is 2.97. The number of nitrogens with zero attached hydrogens (tertiary/aromatic N) is 3. The van der Waals surface area contributed by atoms with E-state index < -0.39 is 16.6 Å². The van der Waals surface area contributed by atoms with Gasteiger partial charge in [0.15, 0.2) is 0 Å². The van der Waals surface area contributed by atoms with Crippen LogP contribution in [0.1, 0.15) is 5.56 Å². The van der Waals surface area contributed by atoms with Gasteiger partial charge in [-0.3, -0.25) is 10.1 Å². The first kappa shape index (κ1) is 15.3. The van der Waals surface area contributed by atoms with Crippen LogP contribution in [0.3, 0.4) is 0 Å². The molecular weight excluding hydrogens is 330 g/mol. The quantitative estimate of drug-likeness (QED) is 0.582. The average Bonchev–Trinajstić information content (AvgIpc) is 3.18. The lowest BCUT2D eigenvalue weighted by molar-refractivity contribution is -0.384. The molecule has 8 heteroatoms. The summed E-state index contributed by atoms with van der Waals surface area (Å²) in [5, 5.41) is 18.4. The highest BCUT2D eigenvalue weighted by molar-refractivity contribution is 5.73. The van der Waals surface area contributed by atoms with Crippen LogP contribution in [0.15, 0.2) is 42.5 Å². The molecule has 0 aliphatic carbocycles. The summed E-state index contributed by atoms with van der Waals surface area (Å²) in [5.41, 5.74) is 2.09.